The van der Waals surface area contributed by atoms with Crippen molar-refractivity contribution >= 4 is 28.4 Å². The minimum Gasteiger partial charge on any atom is -0.490 e. The highest BCUT2D eigenvalue weighted by Crippen LogP contribution is 2.23. The van der Waals surface area contributed by atoms with Gasteiger partial charge in [-0.1, -0.05) is 61.2 Å². The van der Waals surface area contributed by atoms with Crippen LogP contribution in [0.4, 0.5) is 5.69 Å². The van der Waals surface area contributed by atoms with Crippen LogP contribution in [0.25, 0.3) is 16.8 Å². The summed E-state index contributed by atoms with van der Waals surface area (Å²) in [7, 11) is 0. The molecular weight excluding hydrogens is 336 g/mol. The normalized spacial score (nSPS) is 10.9. The maximum Gasteiger partial charge on any atom is 0.266 e. The average Bonchev–Trinajstić information content (AvgIpc) is 2.71. The molecule has 3 aromatic carbocycles. The van der Waals surface area contributed by atoms with E-state index in [0.717, 1.165) is 16.3 Å². The third kappa shape index (κ3) is 4.42. The van der Waals surface area contributed by atoms with Gasteiger partial charge in [0.05, 0.1) is 0 Å². The van der Waals surface area contributed by atoms with E-state index in [1.807, 2.05) is 48.5 Å². The molecule has 1 N–H and O–H groups in total. The fraction of sp³-hybridized carbons (Fsp3) is 0.0435. The van der Waals surface area contributed by atoms with Crippen molar-refractivity contribution < 1.29 is 9.53 Å². The molecule has 4 heteroatoms. The molecule has 0 atom stereocenters. The smallest absolute Gasteiger partial charge is 0.266 e. The number of anilines is 1. The Hall–Kier alpha value is -3.84. The second-order valence-corrected chi connectivity index (χ2v) is 5.82. The van der Waals surface area contributed by atoms with E-state index >= 15 is 0 Å². The first-order valence-electron chi connectivity index (χ1n) is 8.46. The number of carbonyl (C=O) groups excluding carboxylic acids is 1. The molecule has 0 saturated carbocycles. The van der Waals surface area contributed by atoms with Crippen molar-refractivity contribution in [3.63, 3.8) is 0 Å². The largest absolute Gasteiger partial charge is 0.490 e. The summed E-state index contributed by atoms with van der Waals surface area (Å²) in [5.41, 5.74) is 1.45. The summed E-state index contributed by atoms with van der Waals surface area (Å²) >= 11 is 0. The number of ether oxygens (including phenoxy) is 1. The first-order chi connectivity index (χ1) is 13.2. The van der Waals surface area contributed by atoms with Gasteiger partial charge in [-0.3, -0.25) is 4.79 Å². The van der Waals surface area contributed by atoms with Crippen molar-refractivity contribution in [2.45, 2.75) is 0 Å². The predicted octanol–water partition coefficient (Wildman–Crippen LogP) is 4.95. The summed E-state index contributed by atoms with van der Waals surface area (Å²) in [6.07, 6.45) is 3.22. The Balaban J connectivity index is 1.80. The Morgan fingerprint density at radius 3 is 2.56 bits per heavy atom. The van der Waals surface area contributed by atoms with E-state index in [1.165, 1.54) is 0 Å². The quantitative estimate of drug-likeness (QED) is 0.387. The van der Waals surface area contributed by atoms with E-state index < -0.39 is 5.91 Å². The van der Waals surface area contributed by atoms with Gasteiger partial charge in [0.1, 0.15) is 24.0 Å². The molecule has 0 fully saturated rings. The second kappa shape index (κ2) is 8.50. The lowest BCUT2D eigenvalue weighted by atomic mass is 10.1. The van der Waals surface area contributed by atoms with Gasteiger partial charge in [0.25, 0.3) is 5.91 Å². The van der Waals surface area contributed by atoms with Crippen LogP contribution in [-0.4, -0.2) is 12.5 Å². The molecule has 132 valence electrons. The van der Waals surface area contributed by atoms with Gasteiger partial charge >= 0.3 is 0 Å². The van der Waals surface area contributed by atoms with Gasteiger partial charge in [-0.2, -0.15) is 5.26 Å². The number of benzene rings is 3. The number of hydrogen-bond acceptors (Lipinski definition) is 3. The van der Waals surface area contributed by atoms with Crippen LogP contribution < -0.4 is 10.1 Å². The summed E-state index contributed by atoms with van der Waals surface area (Å²) in [6.45, 7) is 4.02. The summed E-state index contributed by atoms with van der Waals surface area (Å²) in [5.74, 6) is 0.256. The number of rotatable bonds is 6. The molecular formula is C23H18N2O2. The van der Waals surface area contributed by atoms with Crippen LogP contribution in [0, 0.1) is 11.3 Å². The van der Waals surface area contributed by atoms with E-state index in [2.05, 4.69) is 11.9 Å². The lowest BCUT2D eigenvalue weighted by Gasteiger charge is -2.08. The molecule has 0 aromatic heterocycles. The van der Waals surface area contributed by atoms with Crippen molar-refractivity contribution in [3.8, 4) is 11.8 Å². The molecule has 0 aliphatic carbocycles. The highest BCUT2D eigenvalue weighted by molar-refractivity contribution is 6.12. The Bertz CT molecular complexity index is 1040. The number of hydrogen-bond donors (Lipinski definition) is 1. The molecule has 0 heterocycles. The summed E-state index contributed by atoms with van der Waals surface area (Å²) in [6, 6.07) is 22.6. The zero-order valence-electron chi connectivity index (χ0n) is 14.7. The maximum atomic E-state index is 12.6. The van der Waals surface area contributed by atoms with Crippen molar-refractivity contribution in [3.05, 3.63) is 90.5 Å². The minimum atomic E-state index is -0.444. The zero-order chi connectivity index (χ0) is 19.1. The number of nitriles is 1. The Kier molecular flexibility index (Phi) is 5.66. The van der Waals surface area contributed by atoms with E-state index in [9.17, 15) is 10.1 Å². The number of nitrogens with zero attached hydrogens (tertiary/aromatic N) is 1. The van der Waals surface area contributed by atoms with E-state index in [1.54, 1.807) is 36.4 Å². The number of amides is 1. The van der Waals surface area contributed by atoms with Crippen LogP contribution in [0.15, 0.2) is 85.0 Å². The standard InChI is InChI=1S/C23H18N2O2/c1-2-14-27-20-12-10-17(11-13-20)15-19(16-24)23(26)25-22-9-5-7-18-6-3-4-8-21(18)22/h2-13,15H,1,14H2,(H,25,26)/b19-15+. The lowest BCUT2D eigenvalue weighted by Crippen LogP contribution is -2.13. The molecule has 0 aliphatic rings. The summed E-state index contributed by atoms with van der Waals surface area (Å²) in [4.78, 5) is 12.6. The second-order valence-electron chi connectivity index (χ2n) is 5.82. The summed E-state index contributed by atoms with van der Waals surface area (Å²) in [5, 5.41) is 14.2. The van der Waals surface area contributed by atoms with Crippen LogP contribution in [-0.2, 0) is 4.79 Å². The predicted molar refractivity (Wildman–Crippen MR) is 108 cm³/mol. The number of fused-ring (bicyclic) bond motifs is 1. The molecule has 0 aliphatic heterocycles. The SMILES string of the molecule is C=CCOc1ccc(/C=C(\C#N)C(=O)Nc2cccc3ccccc23)cc1. The van der Waals surface area contributed by atoms with Gasteiger partial charge in [-0.05, 0) is 35.2 Å². The van der Waals surface area contributed by atoms with Gasteiger partial charge in [-0.25, -0.2) is 0 Å². The van der Waals surface area contributed by atoms with Gasteiger partial charge in [0.15, 0.2) is 0 Å². The Labute approximate surface area is 158 Å². The molecule has 4 nitrogen and oxygen atoms in total. The van der Waals surface area contributed by atoms with Crippen molar-refractivity contribution in [2.75, 3.05) is 11.9 Å². The topological polar surface area (TPSA) is 62.1 Å². The third-order valence-electron chi connectivity index (χ3n) is 3.96. The maximum absolute atomic E-state index is 12.6. The molecule has 27 heavy (non-hydrogen) atoms. The highest BCUT2D eigenvalue weighted by atomic mass is 16.5. The number of carbonyl (C=O) groups is 1. The molecule has 3 rings (SSSR count). The van der Waals surface area contributed by atoms with E-state index in [4.69, 9.17) is 4.74 Å². The van der Waals surface area contributed by atoms with Gasteiger partial charge in [0, 0.05) is 11.1 Å². The molecule has 0 bridgehead atoms. The fourth-order valence-electron chi connectivity index (χ4n) is 2.65. The highest BCUT2D eigenvalue weighted by Gasteiger charge is 2.11. The Morgan fingerprint density at radius 2 is 1.81 bits per heavy atom. The van der Waals surface area contributed by atoms with Crippen molar-refractivity contribution in [1.82, 2.24) is 0 Å². The van der Waals surface area contributed by atoms with Gasteiger partial charge < -0.3 is 10.1 Å². The monoisotopic (exact) mass is 354 g/mol. The van der Waals surface area contributed by atoms with Crippen LogP contribution in [0.3, 0.4) is 0 Å². The van der Waals surface area contributed by atoms with Crippen LogP contribution >= 0.6 is 0 Å². The van der Waals surface area contributed by atoms with Gasteiger partial charge in [-0.15, -0.1) is 0 Å². The molecule has 0 saturated heterocycles. The molecule has 1 amide bonds. The van der Waals surface area contributed by atoms with Crippen molar-refractivity contribution in [1.29, 1.82) is 5.26 Å². The molecule has 0 spiro atoms. The van der Waals surface area contributed by atoms with E-state index in [-0.39, 0.29) is 5.57 Å². The first kappa shape index (κ1) is 18.0. The average molecular weight is 354 g/mol. The third-order valence-corrected chi connectivity index (χ3v) is 3.96. The first-order valence-corrected chi connectivity index (χ1v) is 8.46. The van der Waals surface area contributed by atoms with Crippen molar-refractivity contribution in [2.24, 2.45) is 0 Å². The van der Waals surface area contributed by atoms with Crippen LogP contribution in [0.5, 0.6) is 5.75 Å². The van der Waals surface area contributed by atoms with E-state index in [0.29, 0.717) is 18.0 Å². The summed E-state index contributed by atoms with van der Waals surface area (Å²) < 4.78 is 5.43. The molecule has 0 radical (unpaired) electrons. The number of nitrogens with one attached hydrogen (secondary N) is 1. The molecule has 0 unspecified atom stereocenters. The zero-order valence-corrected chi connectivity index (χ0v) is 14.7. The van der Waals surface area contributed by atoms with Gasteiger partial charge in [0.2, 0.25) is 0 Å². The fourth-order valence-corrected chi connectivity index (χ4v) is 2.65. The van der Waals surface area contributed by atoms with Crippen LogP contribution in [0.1, 0.15) is 5.56 Å². The lowest BCUT2D eigenvalue weighted by molar-refractivity contribution is -0.112. The minimum absolute atomic E-state index is 0.0303. The van der Waals surface area contributed by atoms with Crippen LogP contribution in [0.2, 0.25) is 0 Å². The Morgan fingerprint density at radius 1 is 1.07 bits per heavy atom. The molecule has 3 aromatic rings.